The van der Waals surface area contributed by atoms with Crippen molar-refractivity contribution in [2.24, 2.45) is 0 Å². The first kappa shape index (κ1) is 17.1. The molecule has 0 fully saturated rings. The second-order valence-corrected chi connectivity index (χ2v) is 7.85. The second kappa shape index (κ2) is 7.13. The highest BCUT2D eigenvalue weighted by molar-refractivity contribution is 8.00. The van der Waals surface area contributed by atoms with E-state index in [1.54, 1.807) is 0 Å². The number of nitrogens with one attached hydrogen (secondary N) is 1. The molecule has 26 heavy (non-hydrogen) atoms. The number of aromatic nitrogens is 3. The van der Waals surface area contributed by atoms with Crippen LogP contribution in [0.25, 0.3) is 11.4 Å². The zero-order chi connectivity index (χ0) is 18.1. The first-order chi connectivity index (χ1) is 12.6. The van der Waals surface area contributed by atoms with Gasteiger partial charge in [0.1, 0.15) is 0 Å². The number of rotatable bonds is 4. The largest absolute Gasteiger partial charge is 0.311 e. The summed E-state index contributed by atoms with van der Waals surface area (Å²) >= 11 is 7.27. The number of hydrogen-bond acceptors (Lipinski definition) is 4. The predicted octanol–water partition coefficient (Wildman–Crippen LogP) is 4.20. The zero-order valence-electron chi connectivity index (χ0n) is 14.1. The van der Waals surface area contributed by atoms with Gasteiger partial charge in [0.25, 0.3) is 0 Å². The van der Waals surface area contributed by atoms with Crippen LogP contribution in [0, 0.1) is 0 Å². The van der Waals surface area contributed by atoms with Gasteiger partial charge in [-0.1, -0.05) is 41.6 Å². The molecule has 0 bridgehead atoms. The van der Waals surface area contributed by atoms with Gasteiger partial charge in [0, 0.05) is 22.8 Å². The minimum Gasteiger partial charge on any atom is -0.311 e. The third-order valence-electron chi connectivity index (χ3n) is 4.37. The molecule has 2 heterocycles. The van der Waals surface area contributed by atoms with Gasteiger partial charge in [-0.15, -0.1) is 5.10 Å². The quantitative estimate of drug-likeness (QED) is 0.685. The van der Waals surface area contributed by atoms with Crippen LogP contribution in [0.4, 0.5) is 5.69 Å². The first-order valence-electron chi connectivity index (χ1n) is 8.36. The Balaban J connectivity index is 1.46. The number of amides is 1. The van der Waals surface area contributed by atoms with Crippen molar-refractivity contribution in [1.82, 2.24) is 15.2 Å². The number of para-hydroxylation sites is 1. The summed E-state index contributed by atoms with van der Waals surface area (Å²) in [5.74, 6) is 0.744. The Morgan fingerprint density at radius 2 is 2.00 bits per heavy atom. The minimum atomic E-state index is -0.268. The molecule has 132 valence electrons. The van der Waals surface area contributed by atoms with E-state index in [1.807, 2.05) is 54.3 Å². The van der Waals surface area contributed by atoms with Crippen LogP contribution in [0.2, 0.25) is 5.02 Å². The standard InChI is InChI=1S/C19H17ClN4OS/c1-12(18(25)24-11-10-13-4-2-3-5-16(13)24)26-19-21-17(22-23-19)14-6-8-15(20)9-7-14/h2-9,12H,10-11H2,1H3,(H,21,22,23)/t12-/m1/s1. The average molecular weight is 385 g/mol. The van der Waals surface area contributed by atoms with Crippen molar-refractivity contribution >= 4 is 35.0 Å². The van der Waals surface area contributed by atoms with E-state index in [0.29, 0.717) is 16.0 Å². The van der Waals surface area contributed by atoms with E-state index in [1.165, 1.54) is 17.3 Å². The maximum absolute atomic E-state index is 12.9. The fourth-order valence-corrected chi connectivity index (χ4v) is 3.94. The summed E-state index contributed by atoms with van der Waals surface area (Å²) in [6.07, 6.45) is 0.903. The van der Waals surface area contributed by atoms with Crippen LogP contribution >= 0.6 is 23.4 Å². The average Bonchev–Trinajstić information content (AvgIpc) is 3.29. The highest BCUT2D eigenvalue weighted by atomic mass is 35.5. The van der Waals surface area contributed by atoms with Crippen LogP contribution in [-0.4, -0.2) is 32.9 Å². The lowest BCUT2D eigenvalue weighted by molar-refractivity contribution is -0.117. The molecule has 1 atom stereocenters. The number of fused-ring (bicyclic) bond motifs is 1. The van der Waals surface area contributed by atoms with Crippen molar-refractivity contribution in [1.29, 1.82) is 0 Å². The third kappa shape index (κ3) is 3.34. The molecule has 1 N–H and O–H groups in total. The van der Waals surface area contributed by atoms with Crippen LogP contribution < -0.4 is 4.90 Å². The molecule has 1 aliphatic rings. The molecule has 1 aromatic heterocycles. The zero-order valence-corrected chi connectivity index (χ0v) is 15.7. The van der Waals surface area contributed by atoms with Gasteiger partial charge in [0.2, 0.25) is 11.1 Å². The lowest BCUT2D eigenvalue weighted by atomic mass is 10.2. The molecular formula is C19H17ClN4OS. The number of nitrogens with zero attached hydrogens (tertiary/aromatic N) is 3. The molecule has 1 aliphatic heterocycles. The van der Waals surface area contributed by atoms with Crippen molar-refractivity contribution in [3.8, 4) is 11.4 Å². The van der Waals surface area contributed by atoms with Crippen LogP contribution in [0.1, 0.15) is 12.5 Å². The van der Waals surface area contributed by atoms with Gasteiger partial charge >= 0.3 is 0 Å². The lowest BCUT2D eigenvalue weighted by Crippen LogP contribution is -2.35. The van der Waals surface area contributed by atoms with E-state index < -0.39 is 0 Å². The highest BCUT2D eigenvalue weighted by Crippen LogP contribution is 2.31. The Morgan fingerprint density at radius 1 is 1.23 bits per heavy atom. The first-order valence-corrected chi connectivity index (χ1v) is 9.62. The van der Waals surface area contributed by atoms with E-state index in [2.05, 4.69) is 21.2 Å². The molecule has 0 spiro atoms. The van der Waals surface area contributed by atoms with Crippen LogP contribution in [0.15, 0.2) is 53.7 Å². The number of carbonyl (C=O) groups is 1. The summed E-state index contributed by atoms with van der Waals surface area (Å²) in [6.45, 7) is 2.62. The van der Waals surface area contributed by atoms with Gasteiger partial charge < -0.3 is 4.90 Å². The molecule has 0 radical (unpaired) electrons. The van der Waals surface area contributed by atoms with Gasteiger partial charge in [-0.3, -0.25) is 9.89 Å². The van der Waals surface area contributed by atoms with Crippen LogP contribution in [0.5, 0.6) is 0 Å². The number of carbonyl (C=O) groups excluding carboxylic acids is 1. The molecule has 7 heteroatoms. The molecular weight excluding hydrogens is 368 g/mol. The Morgan fingerprint density at radius 3 is 2.81 bits per heavy atom. The van der Waals surface area contributed by atoms with Gasteiger partial charge in [-0.25, -0.2) is 4.98 Å². The molecule has 0 unspecified atom stereocenters. The highest BCUT2D eigenvalue weighted by Gasteiger charge is 2.29. The van der Waals surface area contributed by atoms with Crippen molar-refractivity contribution in [2.75, 3.05) is 11.4 Å². The predicted molar refractivity (Wildman–Crippen MR) is 105 cm³/mol. The van der Waals surface area contributed by atoms with E-state index >= 15 is 0 Å². The molecule has 5 nitrogen and oxygen atoms in total. The normalized spacial score (nSPS) is 14.3. The molecule has 0 saturated heterocycles. The number of H-pyrrole nitrogens is 1. The molecule has 1 amide bonds. The van der Waals surface area contributed by atoms with E-state index in [0.717, 1.165) is 24.2 Å². The number of anilines is 1. The summed E-state index contributed by atoms with van der Waals surface area (Å²) in [4.78, 5) is 19.2. The fourth-order valence-electron chi connectivity index (χ4n) is 3.03. The molecule has 3 aromatic rings. The summed E-state index contributed by atoms with van der Waals surface area (Å²) < 4.78 is 0. The Labute approximate surface area is 160 Å². The van der Waals surface area contributed by atoms with Crippen molar-refractivity contribution in [3.05, 3.63) is 59.1 Å². The van der Waals surface area contributed by atoms with Crippen molar-refractivity contribution in [3.63, 3.8) is 0 Å². The van der Waals surface area contributed by atoms with E-state index in [9.17, 15) is 4.79 Å². The topological polar surface area (TPSA) is 61.9 Å². The van der Waals surface area contributed by atoms with Crippen molar-refractivity contribution in [2.45, 2.75) is 23.8 Å². The lowest BCUT2D eigenvalue weighted by Gasteiger charge is -2.20. The Hall–Kier alpha value is -2.31. The summed E-state index contributed by atoms with van der Waals surface area (Å²) in [7, 11) is 0. The summed E-state index contributed by atoms with van der Waals surface area (Å²) in [6, 6.07) is 15.4. The summed E-state index contributed by atoms with van der Waals surface area (Å²) in [5, 5.41) is 8.12. The number of hydrogen-bond donors (Lipinski definition) is 1. The Kier molecular flexibility index (Phi) is 4.70. The smallest absolute Gasteiger partial charge is 0.240 e. The van der Waals surface area contributed by atoms with Gasteiger partial charge in [-0.2, -0.15) is 0 Å². The van der Waals surface area contributed by atoms with E-state index in [4.69, 9.17) is 11.6 Å². The maximum Gasteiger partial charge on any atom is 0.240 e. The third-order valence-corrected chi connectivity index (χ3v) is 5.57. The number of halogens is 1. The summed E-state index contributed by atoms with van der Waals surface area (Å²) in [5.41, 5.74) is 3.14. The second-order valence-electron chi connectivity index (χ2n) is 6.10. The minimum absolute atomic E-state index is 0.0813. The SMILES string of the molecule is C[C@@H](Sc1n[nH]c(-c2ccc(Cl)cc2)n1)C(=O)N1CCc2ccccc21. The molecule has 0 saturated carbocycles. The molecule has 0 aliphatic carbocycles. The van der Waals surface area contributed by atoms with E-state index in [-0.39, 0.29) is 11.2 Å². The van der Waals surface area contributed by atoms with Gasteiger partial charge in [-0.05, 0) is 49.2 Å². The Bertz CT molecular complexity index is 941. The molecule has 2 aromatic carbocycles. The number of thioether (sulfide) groups is 1. The monoisotopic (exact) mass is 384 g/mol. The van der Waals surface area contributed by atoms with Crippen molar-refractivity contribution < 1.29 is 4.79 Å². The molecule has 4 rings (SSSR count). The fraction of sp³-hybridized carbons (Fsp3) is 0.211. The van der Waals surface area contributed by atoms with Gasteiger partial charge in [0.05, 0.1) is 5.25 Å². The number of aromatic amines is 1. The number of benzene rings is 2. The van der Waals surface area contributed by atoms with Crippen LogP contribution in [0.3, 0.4) is 0 Å². The van der Waals surface area contributed by atoms with Gasteiger partial charge in [0.15, 0.2) is 5.82 Å². The van der Waals surface area contributed by atoms with Crippen LogP contribution in [-0.2, 0) is 11.2 Å². The maximum atomic E-state index is 12.9.